The van der Waals surface area contributed by atoms with E-state index in [4.69, 9.17) is 4.42 Å². The van der Waals surface area contributed by atoms with Crippen molar-refractivity contribution < 1.29 is 29.9 Å². The molecular formula is C50H34O6. The van der Waals surface area contributed by atoms with Crippen LogP contribution in [0.2, 0.25) is 0 Å². The number of furan rings is 1. The number of hydrogen-bond donors (Lipinski definition) is 5. The maximum absolute atomic E-state index is 11.0. The fourth-order valence-corrected chi connectivity index (χ4v) is 8.51. The Kier molecular flexibility index (Phi) is 7.61. The Balaban J connectivity index is 1.11. The molecule has 6 nitrogen and oxygen atoms in total. The molecule has 1 heterocycles. The minimum absolute atomic E-state index is 0.0546. The Morgan fingerprint density at radius 2 is 1.07 bits per heavy atom. The summed E-state index contributed by atoms with van der Waals surface area (Å²) in [5.41, 5.74) is 6.84. The lowest BCUT2D eigenvalue weighted by atomic mass is 9.83. The monoisotopic (exact) mass is 730 g/mol. The Bertz CT molecular complexity index is 3140. The van der Waals surface area contributed by atoms with E-state index in [-0.39, 0.29) is 11.5 Å². The van der Waals surface area contributed by atoms with Gasteiger partial charge in [-0.15, -0.1) is 0 Å². The largest absolute Gasteiger partial charge is 0.504 e. The third-order valence-electron chi connectivity index (χ3n) is 11.2. The summed E-state index contributed by atoms with van der Waals surface area (Å²) in [5.74, 6) is -4.26. The summed E-state index contributed by atoms with van der Waals surface area (Å²) in [5, 5.41) is 61.6. The van der Waals surface area contributed by atoms with Gasteiger partial charge in [0.2, 0.25) is 17.2 Å². The molecule has 0 bridgehead atoms. The zero-order valence-electron chi connectivity index (χ0n) is 29.9. The molecule has 7 aromatic carbocycles. The first-order valence-electron chi connectivity index (χ1n) is 18.5. The molecule has 2 aliphatic carbocycles. The molecule has 1 aromatic heterocycles. The predicted octanol–water partition coefficient (Wildman–Crippen LogP) is 10.5. The fraction of sp³-hybridized carbons (Fsp3) is 0.0400. The van der Waals surface area contributed by atoms with Gasteiger partial charge in [0.15, 0.2) is 11.5 Å². The molecule has 10 rings (SSSR count). The maximum Gasteiger partial charge on any atom is 0.208 e. The lowest BCUT2D eigenvalue weighted by molar-refractivity contribution is 0.330. The lowest BCUT2D eigenvalue weighted by Crippen LogP contribution is -2.20. The average Bonchev–Trinajstić information content (AvgIpc) is 3.37. The quantitative estimate of drug-likeness (QED) is 0.0700. The summed E-state index contributed by atoms with van der Waals surface area (Å²) in [7, 11) is 0. The smallest absolute Gasteiger partial charge is 0.208 e. The first kappa shape index (κ1) is 33.2. The van der Waals surface area contributed by atoms with Crippen LogP contribution in [0.25, 0.3) is 83.3 Å². The number of fused-ring (bicyclic) bond motifs is 6. The van der Waals surface area contributed by atoms with Crippen molar-refractivity contribution in [2.24, 2.45) is 5.92 Å². The van der Waals surface area contributed by atoms with Crippen LogP contribution in [0, 0.1) is 5.92 Å². The molecule has 0 saturated carbocycles. The van der Waals surface area contributed by atoms with Crippen LogP contribution >= 0.6 is 0 Å². The minimum atomic E-state index is -0.997. The molecule has 1 unspecified atom stereocenters. The molecule has 8 aromatic rings. The SMILES string of the molecule is Oc1c(O)c(O)c(-c2ccccc2-c2c3ccccc3c(C3=CCC(C4C=CC=c5oc6cc7ccccc7cc6c5=C4)=CC=C3)c3ccccc23)c(O)c1O. The predicted molar refractivity (Wildman–Crippen MR) is 225 cm³/mol. The highest BCUT2D eigenvalue weighted by Gasteiger charge is 2.27. The van der Waals surface area contributed by atoms with Crippen LogP contribution in [0.3, 0.4) is 0 Å². The standard InChI is InChI=1S/C50H34O6/c51-46-45(47(52)49(54)50(55)48(46)53)38-21-8-7-20-37(38)44-35-18-5-3-16-33(35)43(34-17-4-6-19-36(34)44)29-14-9-13-28(23-24-29)30-15-10-22-41-39(25-30)40-26-31-11-1-2-12-32(31)27-42(40)56-41/h1-22,24-27,30,51-55H,23H2. The van der Waals surface area contributed by atoms with Crippen molar-refractivity contribution in [3.8, 4) is 51.0 Å². The maximum atomic E-state index is 11.0. The number of hydrogen-bond acceptors (Lipinski definition) is 6. The molecule has 0 fully saturated rings. The van der Waals surface area contributed by atoms with E-state index in [1.165, 1.54) is 11.0 Å². The molecule has 0 spiro atoms. The molecule has 0 saturated heterocycles. The van der Waals surface area contributed by atoms with Crippen LogP contribution < -0.4 is 10.6 Å². The van der Waals surface area contributed by atoms with E-state index in [0.717, 1.165) is 71.7 Å². The van der Waals surface area contributed by atoms with E-state index in [9.17, 15) is 25.5 Å². The number of phenolic OH excluding ortho intramolecular Hbond substituents is 5. The first-order valence-corrected chi connectivity index (χ1v) is 18.5. The highest BCUT2D eigenvalue weighted by Crippen LogP contribution is 2.57. The lowest BCUT2D eigenvalue weighted by Gasteiger charge is -2.21. The van der Waals surface area contributed by atoms with Crippen LogP contribution in [-0.2, 0) is 0 Å². The van der Waals surface area contributed by atoms with Crippen molar-refractivity contribution in [3.63, 3.8) is 0 Å². The second kappa shape index (κ2) is 12.9. The topological polar surface area (TPSA) is 114 Å². The molecule has 0 aliphatic heterocycles. The van der Waals surface area contributed by atoms with Gasteiger partial charge < -0.3 is 29.9 Å². The summed E-state index contributed by atoms with van der Waals surface area (Å²) in [6.45, 7) is 0. The summed E-state index contributed by atoms with van der Waals surface area (Å²) in [6.07, 6.45) is 18.2. The Hall–Kier alpha value is -7.44. The molecule has 6 heteroatoms. The van der Waals surface area contributed by atoms with Gasteiger partial charge in [0.1, 0.15) is 11.0 Å². The van der Waals surface area contributed by atoms with E-state index in [1.54, 1.807) is 12.1 Å². The Labute approximate surface area is 320 Å². The molecular weight excluding hydrogens is 697 g/mol. The third-order valence-corrected chi connectivity index (χ3v) is 11.2. The first-order chi connectivity index (χ1) is 27.4. The van der Waals surface area contributed by atoms with Crippen molar-refractivity contribution in [3.05, 3.63) is 167 Å². The fourth-order valence-electron chi connectivity index (χ4n) is 8.51. The molecule has 5 N–H and O–H groups in total. The third kappa shape index (κ3) is 5.11. The van der Waals surface area contributed by atoms with Crippen molar-refractivity contribution in [2.75, 3.05) is 0 Å². The number of rotatable bonds is 4. The van der Waals surface area contributed by atoms with Gasteiger partial charge in [0.05, 0.1) is 5.56 Å². The van der Waals surface area contributed by atoms with E-state index >= 15 is 0 Å². The van der Waals surface area contributed by atoms with Gasteiger partial charge in [-0.05, 0) is 84.8 Å². The number of phenols is 5. The molecule has 270 valence electrons. The number of benzene rings is 7. The molecule has 1 atom stereocenters. The summed E-state index contributed by atoms with van der Waals surface area (Å²) < 4.78 is 6.36. The second-order valence-corrected chi connectivity index (χ2v) is 14.3. The van der Waals surface area contributed by atoms with Crippen LogP contribution in [0.15, 0.2) is 156 Å². The van der Waals surface area contributed by atoms with Gasteiger partial charge >= 0.3 is 0 Å². The van der Waals surface area contributed by atoms with Crippen LogP contribution in [-0.4, -0.2) is 25.5 Å². The molecule has 2 aliphatic rings. The van der Waals surface area contributed by atoms with Crippen molar-refractivity contribution >= 4 is 61.0 Å². The van der Waals surface area contributed by atoms with E-state index in [1.807, 2.05) is 42.5 Å². The second-order valence-electron chi connectivity index (χ2n) is 14.3. The Morgan fingerprint density at radius 3 is 1.73 bits per heavy atom. The van der Waals surface area contributed by atoms with E-state index in [0.29, 0.717) is 11.1 Å². The molecule has 0 radical (unpaired) electrons. The normalized spacial score (nSPS) is 15.2. The van der Waals surface area contributed by atoms with Crippen molar-refractivity contribution in [2.45, 2.75) is 6.42 Å². The van der Waals surface area contributed by atoms with E-state index < -0.39 is 28.7 Å². The van der Waals surface area contributed by atoms with Gasteiger partial charge in [-0.3, -0.25) is 0 Å². The molecule has 0 amide bonds. The van der Waals surface area contributed by atoms with Crippen LogP contribution in [0.4, 0.5) is 0 Å². The summed E-state index contributed by atoms with van der Waals surface area (Å²) in [4.78, 5) is 0. The Morgan fingerprint density at radius 1 is 0.518 bits per heavy atom. The minimum Gasteiger partial charge on any atom is -0.504 e. The number of allylic oxidation sites excluding steroid dienone is 8. The zero-order chi connectivity index (χ0) is 38.1. The van der Waals surface area contributed by atoms with Gasteiger partial charge in [0.25, 0.3) is 0 Å². The number of aromatic hydroxyl groups is 5. The highest BCUT2D eigenvalue weighted by molar-refractivity contribution is 6.21. The van der Waals surface area contributed by atoms with Crippen molar-refractivity contribution in [1.82, 2.24) is 0 Å². The van der Waals surface area contributed by atoms with Crippen LogP contribution in [0.5, 0.6) is 28.7 Å². The summed E-state index contributed by atoms with van der Waals surface area (Å²) >= 11 is 0. The van der Waals surface area contributed by atoms with Gasteiger partial charge in [-0.25, -0.2) is 0 Å². The summed E-state index contributed by atoms with van der Waals surface area (Å²) in [6, 6.07) is 36.3. The van der Waals surface area contributed by atoms with Crippen LogP contribution in [0.1, 0.15) is 12.0 Å². The average molecular weight is 731 g/mol. The highest BCUT2D eigenvalue weighted by atomic mass is 16.4. The van der Waals surface area contributed by atoms with Gasteiger partial charge in [-0.1, -0.05) is 145 Å². The van der Waals surface area contributed by atoms with Gasteiger partial charge in [-0.2, -0.15) is 0 Å². The van der Waals surface area contributed by atoms with Gasteiger partial charge in [0, 0.05) is 16.5 Å². The zero-order valence-corrected chi connectivity index (χ0v) is 29.9. The van der Waals surface area contributed by atoms with Crippen molar-refractivity contribution in [1.29, 1.82) is 0 Å². The van der Waals surface area contributed by atoms with E-state index in [2.05, 4.69) is 103 Å². The molecule has 56 heavy (non-hydrogen) atoms.